The van der Waals surface area contributed by atoms with Gasteiger partial charge in [-0.1, -0.05) is 11.3 Å². The van der Waals surface area contributed by atoms with Crippen molar-refractivity contribution in [3.63, 3.8) is 0 Å². The summed E-state index contributed by atoms with van der Waals surface area (Å²) in [5, 5.41) is 0. The van der Waals surface area contributed by atoms with Gasteiger partial charge in [0.25, 0.3) is 5.91 Å². The van der Waals surface area contributed by atoms with Crippen LogP contribution in [-0.4, -0.2) is 37.8 Å². The fourth-order valence-electron chi connectivity index (χ4n) is 2.84. The van der Waals surface area contributed by atoms with E-state index >= 15 is 0 Å². The quantitative estimate of drug-likeness (QED) is 0.599. The Hall–Kier alpha value is -3.13. The molecule has 8 heteroatoms. The third-order valence-corrected chi connectivity index (χ3v) is 5.65. The van der Waals surface area contributed by atoms with Gasteiger partial charge in [0.2, 0.25) is 0 Å². The second kappa shape index (κ2) is 8.48. The highest BCUT2D eigenvalue weighted by molar-refractivity contribution is 7.16. The van der Waals surface area contributed by atoms with E-state index in [0.717, 1.165) is 21.3 Å². The Morgan fingerprint density at radius 1 is 0.966 bits per heavy atom. The Balaban J connectivity index is 2.17. The van der Waals surface area contributed by atoms with Gasteiger partial charge in [-0.05, 0) is 49.2 Å². The molecule has 29 heavy (non-hydrogen) atoms. The van der Waals surface area contributed by atoms with Crippen molar-refractivity contribution in [3.05, 3.63) is 51.8 Å². The summed E-state index contributed by atoms with van der Waals surface area (Å²) in [7, 11) is 4.36. The molecule has 0 saturated carbocycles. The highest BCUT2D eigenvalue weighted by Crippen LogP contribution is 2.24. The van der Waals surface area contributed by atoms with Crippen LogP contribution in [0.4, 0.5) is 0 Å². The zero-order valence-corrected chi connectivity index (χ0v) is 17.8. The third kappa shape index (κ3) is 4.32. The molecule has 0 saturated heterocycles. The molecular weight excluding hydrogens is 392 g/mol. The summed E-state index contributed by atoms with van der Waals surface area (Å²) >= 11 is 1.35. The second-order valence-corrected chi connectivity index (χ2v) is 7.48. The second-order valence-electron chi connectivity index (χ2n) is 6.47. The zero-order valence-electron chi connectivity index (χ0n) is 16.9. The van der Waals surface area contributed by atoms with Crippen molar-refractivity contribution in [1.82, 2.24) is 4.57 Å². The zero-order chi connectivity index (χ0) is 21.1. The van der Waals surface area contributed by atoms with E-state index in [4.69, 9.17) is 14.2 Å². The van der Waals surface area contributed by atoms with Gasteiger partial charge in [-0.2, -0.15) is 4.99 Å². The molecule has 2 aromatic carbocycles. The summed E-state index contributed by atoms with van der Waals surface area (Å²) in [4.78, 5) is 29.5. The minimum atomic E-state index is -0.458. The van der Waals surface area contributed by atoms with Crippen LogP contribution in [0.1, 0.15) is 21.5 Å². The number of aryl methyl sites for hydroxylation is 2. The Morgan fingerprint density at radius 3 is 2.17 bits per heavy atom. The number of amides is 1. The molecule has 3 aromatic rings. The van der Waals surface area contributed by atoms with Crippen LogP contribution in [0.2, 0.25) is 0 Å². The van der Waals surface area contributed by atoms with Crippen molar-refractivity contribution < 1.29 is 23.8 Å². The van der Waals surface area contributed by atoms with Crippen LogP contribution < -0.4 is 14.3 Å². The summed E-state index contributed by atoms with van der Waals surface area (Å²) in [6.45, 7) is 3.98. The predicted molar refractivity (Wildman–Crippen MR) is 111 cm³/mol. The lowest BCUT2D eigenvalue weighted by atomic mass is 10.1. The minimum Gasteiger partial charge on any atom is -0.497 e. The van der Waals surface area contributed by atoms with Crippen LogP contribution in [0.5, 0.6) is 11.5 Å². The maximum Gasteiger partial charge on any atom is 0.325 e. The lowest BCUT2D eigenvalue weighted by Gasteiger charge is -2.07. The average Bonchev–Trinajstić information content (AvgIpc) is 3.03. The molecule has 0 aliphatic carbocycles. The van der Waals surface area contributed by atoms with E-state index < -0.39 is 11.9 Å². The van der Waals surface area contributed by atoms with Crippen LogP contribution >= 0.6 is 11.3 Å². The molecule has 0 unspecified atom stereocenters. The summed E-state index contributed by atoms with van der Waals surface area (Å²) in [5.74, 6) is 0.113. The van der Waals surface area contributed by atoms with Crippen molar-refractivity contribution >= 4 is 33.4 Å². The molecule has 0 aliphatic rings. The highest BCUT2D eigenvalue weighted by atomic mass is 32.1. The van der Waals surface area contributed by atoms with Crippen LogP contribution in [0.15, 0.2) is 35.3 Å². The Morgan fingerprint density at radius 2 is 1.59 bits per heavy atom. The minimum absolute atomic E-state index is 0.0352. The van der Waals surface area contributed by atoms with Gasteiger partial charge in [-0.3, -0.25) is 9.59 Å². The van der Waals surface area contributed by atoms with Gasteiger partial charge >= 0.3 is 5.97 Å². The smallest absolute Gasteiger partial charge is 0.325 e. The van der Waals surface area contributed by atoms with Crippen molar-refractivity contribution in [2.24, 2.45) is 4.99 Å². The van der Waals surface area contributed by atoms with Gasteiger partial charge in [0.05, 0.1) is 31.5 Å². The summed E-state index contributed by atoms with van der Waals surface area (Å²) in [5.41, 5.74) is 3.37. The third-order valence-electron chi connectivity index (χ3n) is 4.61. The number of fused-ring (bicyclic) bond motifs is 1. The predicted octanol–water partition coefficient (Wildman–Crippen LogP) is 3.25. The number of carbonyl (C=O) groups is 2. The lowest BCUT2D eigenvalue weighted by Crippen LogP contribution is -2.22. The average molecular weight is 414 g/mol. The van der Waals surface area contributed by atoms with Crippen molar-refractivity contribution in [2.75, 3.05) is 21.3 Å². The van der Waals surface area contributed by atoms with Crippen LogP contribution in [-0.2, 0) is 16.1 Å². The Labute approximate surface area is 172 Å². The number of methoxy groups -OCH3 is 3. The number of nitrogens with zero attached hydrogens (tertiary/aromatic N) is 2. The van der Waals surface area contributed by atoms with Gasteiger partial charge in [-0.25, -0.2) is 0 Å². The number of hydrogen-bond acceptors (Lipinski definition) is 6. The normalized spacial score (nSPS) is 11.6. The van der Waals surface area contributed by atoms with Gasteiger partial charge < -0.3 is 18.8 Å². The summed E-state index contributed by atoms with van der Waals surface area (Å²) in [6.07, 6.45) is 0. The van der Waals surface area contributed by atoms with Crippen LogP contribution in [0.25, 0.3) is 10.2 Å². The number of carbonyl (C=O) groups excluding carboxylic acids is 2. The standard InChI is InChI=1S/C21H22N2O5S/c1-12-6-17-18(7-13(12)2)29-21(23(17)11-19(24)28-5)22-20(25)14-8-15(26-3)10-16(9-14)27-4/h6-10H,11H2,1-5H3. The topological polar surface area (TPSA) is 79.1 Å². The number of benzene rings is 2. The largest absolute Gasteiger partial charge is 0.497 e. The summed E-state index contributed by atoms with van der Waals surface area (Å²) < 4.78 is 17.9. The number of rotatable bonds is 5. The first-order valence-corrected chi connectivity index (χ1v) is 9.67. The Kier molecular flexibility index (Phi) is 6.03. The molecule has 152 valence electrons. The van der Waals surface area contributed by atoms with E-state index in [9.17, 15) is 9.59 Å². The van der Waals surface area contributed by atoms with Crippen molar-refractivity contribution in [3.8, 4) is 11.5 Å². The molecule has 0 fully saturated rings. The first-order chi connectivity index (χ1) is 13.9. The van der Waals surface area contributed by atoms with Crippen LogP contribution in [0, 0.1) is 13.8 Å². The molecule has 1 aromatic heterocycles. The molecule has 0 radical (unpaired) electrons. The number of esters is 1. The highest BCUT2D eigenvalue weighted by Gasteiger charge is 2.14. The molecule has 0 spiro atoms. The van der Waals surface area contributed by atoms with Gasteiger partial charge in [-0.15, -0.1) is 0 Å². The monoisotopic (exact) mass is 414 g/mol. The van der Waals surface area contributed by atoms with Gasteiger partial charge in [0, 0.05) is 11.6 Å². The molecule has 1 amide bonds. The molecule has 0 atom stereocenters. The van der Waals surface area contributed by atoms with E-state index in [1.165, 1.54) is 32.7 Å². The fraction of sp³-hybridized carbons (Fsp3) is 0.286. The molecule has 3 rings (SSSR count). The number of thiazole rings is 1. The van der Waals surface area contributed by atoms with E-state index in [0.29, 0.717) is 21.9 Å². The molecule has 7 nitrogen and oxygen atoms in total. The fourth-order valence-corrected chi connectivity index (χ4v) is 3.94. The molecule has 1 heterocycles. The van der Waals surface area contributed by atoms with E-state index in [1.807, 2.05) is 26.0 Å². The molecular formula is C21H22N2O5S. The summed E-state index contributed by atoms with van der Waals surface area (Å²) in [6, 6.07) is 8.89. The number of aromatic nitrogens is 1. The van der Waals surface area contributed by atoms with Crippen molar-refractivity contribution in [2.45, 2.75) is 20.4 Å². The van der Waals surface area contributed by atoms with E-state index in [1.54, 1.807) is 22.8 Å². The van der Waals surface area contributed by atoms with E-state index in [2.05, 4.69) is 4.99 Å². The van der Waals surface area contributed by atoms with E-state index in [-0.39, 0.29) is 6.54 Å². The van der Waals surface area contributed by atoms with Gasteiger partial charge in [0.15, 0.2) is 4.80 Å². The number of ether oxygens (including phenoxy) is 3. The first kappa shape index (κ1) is 20.6. The molecule has 0 N–H and O–H groups in total. The van der Waals surface area contributed by atoms with Gasteiger partial charge in [0.1, 0.15) is 18.0 Å². The molecule has 0 bridgehead atoms. The maximum atomic E-state index is 12.9. The van der Waals surface area contributed by atoms with Crippen molar-refractivity contribution in [1.29, 1.82) is 0 Å². The Bertz CT molecular complexity index is 1140. The SMILES string of the molecule is COC(=O)Cn1c(=NC(=O)c2cc(OC)cc(OC)c2)sc2cc(C)c(C)cc21. The maximum absolute atomic E-state index is 12.9. The van der Waals surface area contributed by atoms with Crippen LogP contribution in [0.3, 0.4) is 0 Å². The lowest BCUT2D eigenvalue weighted by molar-refractivity contribution is -0.141. The first-order valence-electron chi connectivity index (χ1n) is 8.85. The molecule has 0 aliphatic heterocycles. The number of hydrogen-bond donors (Lipinski definition) is 0.